The molecule has 0 fully saturated rings. The summed E-state index contributed by atoms with van der Waals surface area (Å²) in [5.74, 6) is 1.18. The predicted molar refractivity (Wildman–Crippen MR) is 110 cm³/mol. The fourth-order valence-corrected chi connectivity index (χ4v) is 2.94. The number of methoxy groups -OCH3 is 1. The van der Waals surface area contributed by atoms with Crippen molar-refractivity contribution < 1.29 is 9.47 Å². The molecule has 0 heterocycles. The molecule has 26 heavy (non-hydrogen) atoms. The SMILES string of the molecule is CC[C@@H](C)Oc1c(Cl)cc(C=Nc2cccc3ccccc23)cc1OC. The molecular formula is C22H22ClNO2. The van der Waals surface area contributed by atoms with Crippen molar-refractivity contribution in [2.45, 2.75) is 26.4 Å². The molecule has 0 radical (unpaired) electrons. The van der Waals surface area contributed by atoms with Crippen LogP contribution in [0.1, 0.15) is 25.8 Å². The van der Waals surface area contributed by atoms with Crippen LogP contribution in [0, 0.1) is 0 Å². The highest BCUT2D eigenvalue weighted by Gasteiger charge is 2.14. The highest BCUT2D eigenvalue weighted by molar-refractivity contribution is 6.32. The monoisotopic (exact) mass is 367 g/mol. The van der Waals surface area contributed by atoms with E-state index in [0.717, 1.165) is 28.4 Å². The summed E-state index contributed by atoms with van der Waals surface area (Å²) in [6.07, 6.45) is 2.75. The average Bonchev–Trinajstić information content (AvgIpc) is 2.67. The molecule has 0 bridgehead atoms. The molecule has 0 spiro atoms. The number of ether oxygens (including phenoxy) is 2. The third-order valence-corrected chi connectivity index (χ3v) is 4.55. The third-order valence-electron chi connectivity index (χ3n) is 4.27. The molecule has 0 aliphatic carbocycles. The predicted octanol–water partition coefficient (Wildman–Crippen LogP) is 6.43. The Hall–Kier alpha value is -2.52. The Morgan fingerprint density at radius 3 is 2.65 bits per heavy atom. The first kappa shape index (κ1) is 18.3. The van der Waals surface area contributed by atoms with Crippen molar-refractivity contribution in [1.82, 2.24) is 0 Å². The standard InChI is InChI=1S/C22H22ClNO2/c1-4-15(2)26-22-19(23)12-16(13-21(22)25-3)14-24-20-11-7-9-17-8-5-6-10-18(17)20/h5-15H,4H2,1-3H3/t15-/m1/s1. The molecule has 0 aliphatic rings. The first-order valence-electron chi connectivity index (χ1n) is 8.68. The minimum atomic E-state index is 0.0663. The van der Waals surface area contributed by atoms with Crippen molar-refractivity contribution in [3.63, 3.8) is 0 Å². The summed E-state index contributed by atoms with van der Waals surface area (Å²) in [5, 5.41) is 2.79. The van der Waals surface area contributed by atoms with Gasteiger partial charge in [-0.15, -0.1) is 0 Å². The van der Waals surface area contributed by atoms with E-state index in [1.165, 1.54) is 0 Å². The molecule has 3 aromatic carbocycles. The number of nitrogens with zero attached hydrogens (tertiary/aromatic N) is 1. The number of rotatable bonds is 6. The van der Waals surface area contributed by atoms with Gasteiger partial charge in [0.25, 0.3) is 0 Å². The first-order chi connectivity index (χ1) is 12.6. The molecule has 0 aromatic heterocycles. The van der Waals surface area contributed by atoms with Crippen LogP contribution in [0.25, 0.3) is 10.8 Å². The molecule has 0 amide bonds. The Balaban J connectivity index is 1.94. The molecule has 3 rings (SSSR count). The highest BCUT2D eigenvalue weighted by Crippen LogP contribution is 2.37. The number of aliphatic imine (C=N–C) groups is 1. The van der Waals surface area contributed by atoms with Crippen molar-refractivity contribution >= 4 is 34.3 Å². The zero-order valence-corrected chi connectivity index (χ0v) is 16.0. The van der Waals surface area contributed by atoms with Crippen molar-refractivity contribution in [2.75, 3.05) is 7.11 Å². The summed E-state index contributed by atoms with van der Waals surface area (Å²) in [6.45, 7) is 4.07. The summed E-state index contributed by atoms with van der Waals surface area (Å²) in [5.41, 5.74) is 1.77. The lowest BCUT2D eigenvalue weighted by Gasteiger charge is -2.17. The van der Waals surface area contributed by atoms with Gasteiger partial charge in [-0.1, -0.05) is 54.9 Å². The van der Waals surface area contributed by atoms with Crippen LogP contribution in [0.2, 0.25) is 5.02 Å². The van der Waals surface area contributed by atoms with Crippen LogP contribution in [0.4, 0.5) is 5.69 Å². The maximum Gasteiger partial charge on any atom is 0.180 e. The minimum absolute atomic E-state index is 0.0663. The van der Waals surface area contributed by atoms with Gasteiger partial charge in [0.2, 0.25) is 0 Å². The van der Waals surface area contributed by atoms with Gasteiger partial charge in [0.15, 0.2) is 11.5 Å². The summed E-state index contributed by atoms with van der Waals surface area (Å²) in [6, 6.07) is 18.0. The Morgan fingerprint density at radius 1 is 1.12 bits per heavy atom. The molecule has 134 valence electrons. The third kappa shape index (κ3) is 4.00. The Morgan fingerprint density at radius 2 is 1.88 bits per heavy atom. The summed E-state index contributed by atoms with van der Waals surface area (Å²) < 4.78 is 11.4. The summed E-state index contributed by atoms with van der Waals surface area (Å²) in [7, 11) is 1.61. The van der Waals surface area contributed by atoms with Gasteiger partial charge in [-0.2, -0.15) is 0 Å². The average molecular weight is 368 g/mol. The largest absolute Gasteiger partial charge is 0.493 e. The van der Waals surface area contributed by atoms with Gasteiger partial charge >= 0.3 is 0 Å². The number of benzene rings is 3. The van der Waals surface area contributed by atoms with Gasteiger partial charge in [-0.05, 0) is 42.5 Å². The molecule has 4 heteroatoms. The van der Waals surface area contributed by atoms with Crippen molar-refractivity contribution in [1.29, 1.82) is 0 Å². The Labute approximate surface area is 159 Å². The summed E-state index contributed by atoms with van der Waals surface area (Å²) >= 11 is 6.42. The molecule has 1 atom stereocenters. The Bertz CT molecular complexity index is 931. The fraction of sp³-hybridized carbons (Fsp3) is 0.227. The maximum absolute atomic E-state index is 6.42. The molecule has 3 aromatic rings. The lowest BCUT2D eigenvalue weighted by Crippen LogP contribution is -2.11. The second-order valence-electron chi connectivity index (χ2n) is 6.13. The van der Waals surface area contributed by atoms with Crippen LogP contribution in [-0.4, -0.2) is 19.4 Å². The van der Waals surface area contributed by atoms with E-state index in [1.807, 2.05) is 43.3 Å². The lowest BCUT2D eigenvalue weighted by atomic mass is 10.1. The minimum Gasteiger partial charge on any atom is -0.493 e. The fourth-order valence-electron chi connectivity index (χ4n) is 2.68. The van der Waals surface area contributed by atoms with Gasteiger partial charge in [-0.25, -0.2) is 0 Å². The quantitative estimate of drug-likeness (QED) is 0.470. The van der Waals surface area contributed by atoms with E-state index >= 15 is 0 Å². The van der Waals surface area contributed by atoms with E-state index in [2.05, 4.69) is 30.1 Å². The zero-order valence-electron chi connectivity index (χ0n) is 15.2. The van der Waals surface area contributed by atoms with Crippen molar-refractivity contribution in [3.8, 4) is 11.5 Å². The summed E-state index contributed by atoms with van der Waals surface area (Å²) in [4.78, 5) is 4.65. The van der Waals surface area contributed by atoms with Gasteiger partial charge < -0.3 is 9.47 Å². The molecule has 3 nitrogen and oxygen atoms in total. The van der Waals surface area contributed by atoms with Crippen LogP contribution < -0.4 is 9.47 Å². The van der Waals surface area contributed by atoms with E-state index < -0.39 is 0 Å². The second-order valence-corrected chi connectivity index (χ2v) is 6.53. The molecule has 0 unspecified atom stereocenters. The normalized spacial score (nSPS) is 12.5. The van der Waals surface area contributed by atoms with Crippen LogP contribution >= 0.6 is 11.6 Å². The van der Waals surface area contributed by atoms with Crippen LogP contribution in [0.3, 0.4) is 0 Å². The Kier molecular flexibility index (Phi) is 5.79. The lowest BCUT2D eigenvalue weighted by molar-refractivity contribution is 0.208. The first-order valence-corrected chi connectivity index (χ1v) is 9.06. The maximum atomic E-state index is 6.42. The van der Waals surface area contributed by atoms with Crippen LogP contribution in [0.5, 0.6) is 11.5 Å². The van der Waals surface area contributed by atoms with Crippen molar-refractivity contribution in [2.24, 2.45) is 4.99 Å². The van der Waals surface area contributed by atoms with E-state index in [-0.39, 0.29) is 6.10 Å². The number of halogens is 1. The molecule has 0 saturated heterocycles. The van der Waals surface area contributed by atoms with E-state index in [0.29, 0.717) is 16.5 Å². The molecule has 0 saturated carbocycles. The van der Waals surface area contributed by atoms with Crippen LogP contribution in [-0.2, 0) is 0 Å². The number of hydrogen-bond donors (Lipinski definition) is 0. The van der Waals surface area contributed by atoms with E-state index in [4.69, 9.17) is 21.1 Å². The molecule has 0 N–H and O–H groups in total. The highest BCUT2D eigenvalue weighted by atomic mass is 35.5. The van der Waals surface area contributed by atoms with Gasteiger partial charge in [0.1, 0.15) is 0 Å². The van der Waals surface area contributed by atoms with Gasteiger partial charge in [-0.3, -0.25) is 4.99 Å². The van der Waals surface area contributed by atoms with Crippen molar-refractivity contribution in [3.05, 3.63) is 65.2 Å². The molecular weight excluding hydrogens is 346 g/mol. The number of fused-ring (bicyclic) bond motifs is 1. The van der Waals surface area contributed by atoms with Crippen LogP contribution in [0.15, 0.2) is 59.6 Å². The van der Waals surface area contributed by atoms with E-state index in [9.17, 15) is 0 Å². The smallest absolute Gasteiger partial charge is 0.180 e. The molecule has 0 aliphatic heterocycles. The zero-order chi connectivity index (χ0) is 18.5. The van der Waals surface area contributed by atoms with Gasteiger partial charge in [0.05, 0.1) is 23.9 Å². The number of hydrogen-bond acceptors (Lipinski definition) is 3. The van der Waals surface area contributed by atoms with E-state index in [1.54, 1.807) is 13.3 Å². The van der Waals surface area contributed by atoms with Gasteiger partial charge in [0, 0.05) is 11.6 Å². The second kappa shape index (κ2) is 8.24. The topological polar surface area (TPSA) is 30.8 Å².